The summed E-state index contributed by atoms with van der Waals surface area (Å²) in [4.78, 5) is 14.1. The number of nitrogens with zero attached hydrogens (tertiary/aromatic N) is 1. The van der Waals surface area contributed by atoms with Crippen molar-refractivity contribution in [2.45, 2.75) is 56.4 Å². The van der Waals surface area contributed by atoms with Crippen molar-refractivity contribution < 1.29 is 13.2 Å². The molecule has 25 heavy (non-hydrogen) atoms. The van der Waals surface area contributed by atoms with Crippen LogP contribution in [-0.4, -0.2) is 45.9 Å². The first-order chi connectivity index (χ1) is 11.5. The fraction of sp³-hybridized carbons (Fsp3) is 0.611. The van der Waals surface area contributed by atoms with Crippen LogP contribution in [0.3, 0.4) is 0 Å². The predicted molar refractivity (Wildman–Crippen MR) is 100 cm³/mol. The van der Waals surface area contributed by atoms with E-state index in [1.54, 1.807) is 18.2 Å². The molecule has 1 amide bonds. The molecule has 1 heterocycles. The first-order valence-electron chi connectivity index (χ1n) is 8.63. The van der Waals surface area contributed by atoms with Gasteiger partial charge in [-0.25, -0.2) is 13.1 Å². The minimum atomic E-state index is -3.58. The predicted octanol–water partition coefficient (Wildman–Crippen LogP) is 2.31. The lowest BCUT2D eigenvalue weighted by atomic mass is 9.78. The van der Waals surface area contributed by atoms with Gasteiger partial charge in [-0.1, -0.05) is 13.8 Å². The highest BCUT2D eigenvalue weighted by Crippen LogP contribution is 2.38. The lowest BCUT2D eigenvalue weighted by Gasteiger charge is -2.32. The van der Waals surface area contributed by atoms with Crippen molar-refractivity contribution in [3.05, 3.63) is 23.8 Å². The Morgan fingerprint density at radius 1 is 1.32 bits per heavy atom. The van der Waals surface area contributed by atoms with Crippen molar-refractivity contribution in [1.29, 1.82) is 0 Å². The Morgan fingerprint density at radius 2 is 2.00 bits per heavy atom. The Hall–Kier alpha value is -1.44. The summed E-state index contributed by atoms with van der Waals surface area (Å²) in [6.07, 6.45) is 2.06. The maximum atomic E-state index is 12.7. The van der Waals surface area contributed by atoms with Gasteiger partial charge in [-0.3, -0.25) is 4.79 Å². The fourth-order valence-corrected chi connectivity index (χ4v) is 4.46. The van der Waals surface area contributed by atoms with Gasteiger partial charge in [-0.15, -0.1) is 0 Å². The Balaban J connectivity index is 2.16. The van der Waals surface area contributed by atoms with E-state index >= 15 is 0 Å². The molecule has 6 nitrogen and oxygen atoms in total. The third kappa shape index (κ3) is 5.03. The summed E-state index contributed by atoms with van der Waals surface area (Å²) in [7, 11) is 0.421. The molecule has 1 aliphatic rings. The van der Waals surface area contributed by atoms with Crippen molar-refractivity contribution in [1.82, 2.24) is 9.62 Å². The molecule has 2 rings (SSSR count). The molecule has 0 bridgehead atoms. The van der Waals surface area contributed by atoms with E-state index < -0.39 is 10.0 Å². The average molecular weight is 368 g/mol. The van der Waals surface area contributed by atoms with Crippen molar-refractivity contribution in [3.8, 4) is 0 Å². The topological polar surface area (TPSA) is 78.5 Å². The van der Waals surface area contributed by atoms with Gasteiger partial charge in [0.05, 0.1) is 4.90 Å². The summed E-state index contributed by atoms with van der Waals surface area (Å²) in [6.45, 7) is 6.73. The summed E-state index contributed by atoms with van der Waals surface area (Å²) >= 11 is 0. The van der Waals surface area contributed by atoms with Crippen LogP contribution >= 0.6 is 0 Å². The van der Waals surface area contributed by atoms with E-state index in [0.29, 0.717) is 12.1 Å². The van der Waals surface area contributed by atoms with E-state index in [-0.39, 0.29) is 22.3 Å². The van der Waals surface area contributed by atoms with Crippen LogP contribution in [0.1, 0.15) is 45.6 Å². The third-order valence-electron chi connectivity index (χ3n) is 4.51. The number of hydrogen-bond acceptors (Lipinski definition) is 4. The lowest BCUT2D eigenvalue weighted by molar-refractivity contribution is -0.117. The van der Waals surface area contributed by atoms with Gasteiger partial charge >= 0.3 is 0 Å². The van der Waals surface area contributed by atoms with E-state index in [1.165, 1.54) is 0 Å². The van der Waals surface area contributed by atoms with Crippen LogP contribution in [0.4, 0.5) is 5.69 Å². The number of fused-ring (bicyclic) bond motifs is 1. The highest BCUT2D eigenvalue weighted by atomic mass is 32.2. The number of hydrogen-bond donors (Lipinski definition) is 2. The molecule has 1 aromatic rings. The van der Waals surface area contributed by atoms with Crippen molar-refractivity contribution in [2.24, 2.45) is 0 Å². The summed E-state index contributed by atoms with van der Waals surface area (Å²) < 4.78 is 28.1. The minimum absolute atomic E-state index is 0.0410. The first-order valence-corrected chi connectivity index (χ1v) is 10.1. The number of amides is 1. The molecule has 0 fully saturated rings. The molecule has 1 atom stereocenters. The van der Waals surface area contributed by atoms with Gasteiger partial charge in [-0.05, 0) is 64.2 Å². The van der Waals surface area contributed by atoms with Crippen LogP contribution in [-0.2, 0) is 20.2 Å². The molecule has 0 saturated carbocycles. The van der Waals surface area contributed by atoms with E-state index in [9.17, 15) is 13.2 Å². The smallest absolute Gasteiger partial charge is 0.240 e. The highest BCUT2D eigenvalue weighted by molar-refractivity contribution is 7.89. The molecule has 0 saturated heterocycles. The SMILES string of the molecule is CC(CCCN(C)C)NS(=O)(=O)c1ccc2c(c1)C(C)(C)CC(=O)N2. The molecule has 0 radical (unpaired) electrons. The highest BCUT2D eigenvalue weighted by Gasteiger charge is 2.33. The Kier molecular flexibility index (Phi) is 5.91. The largest absolute Gasteiger partial charge is 0.326 e. The number of nitrogens with one attached hydrogen (secondary N) is 2. The molecule has 7 heteroatoms. The molecular weight excluding hydrogens is 338 g/mol. The second-order valence-corrected chi connectivity index (χ2v) is 9.50. The second-order valence-electron chi connectivity index (χ2n) is 7.78. The molecule has 140 valence electrons. The van der Waals surface area contributed by atoms with E-state index in [4.69, 9.17) is 0 Å². The zero-order valence-electron chi connectivity index (χ0n) is 15.7. The van der Waals surface area contributed by atoms with Gasteiger partial charge in [0.1, 0.15) is 0 Å². The summed E-state index contributed by atoms with van der Waals surface area (Å²) in [5.74, 6) is -0.0410. The fourth-order valence-electron chi connectivity index (χ4n) is 3.16. The molecule has 0 spiro atoms. The zero-order valence-corrected chi connectivity index (χ0v) is 16.5. The molecule has 2 N–H and O–H groups in total. The van der Waals surface area contributed by atoms with Gasteiger partial charge in [0.25, 0.3) is 0 Å². The molecular formula is C18H29N3O3S. The Bertz CT molecular complexity index is 742. The number of anilines is 1. The standard InChI is InChI=1S/C18H29N3O3S/c1-13(7-6-10-21(4)5)20-25(23,24)14-8-9-16-15(11-14)18(2,3)12-17(22)19-16/h8-9,11,13,20H,6-7,10,12H2,1-5H3,(H,19,22). The Labute approximate surface area is 151 Å². The number of sulfonamides is 1. The van der Waals surface area contributed by atoms with Crippen LogP contribution in [0.2, 0.25) is 0 Å². The molecule has 0 aromatic heterocycles. The van der Waals surface area contributed by atoms with E-state index in [0.717, 1.165) is 24.9 Å². The van der Waals surface area contributed by atoms with Crippen LogP contribution in [0.5, 0.6) is 0 Å². The molecule has 1 unspecified atom stereocenters. The van der Waals surface area contributed by atoms with Gasteiger partial charge in [0.15, 0.2) is 0 Å². The quantitative estimate of drug-likeness (QED) is 0.775. The van der Waals surface area contributed by atoms with E-state index in [1.807, 2.05) is 34.9 Å². The number of carbonyl (C=O) groups excluding carboxylic acids is 1. The number of carbonyl (C=O) groups is 1. The molecule has 0 aliphatic carbocycles. The van der Waals surface area contributed by atoms with Crippen molar-refractivity contribution in [3.63, 3.8) is 0 Å². The third-order valence-corrected chi connectivity index (χ3v) is 6.09. The first kappa shape index (κ1) is 19.9. The van der Waals surface area contributed by atoms with Crippen LogP contribution in [0.25, 0.3) is 0 Å². The maximum absolute atomic E-state index is 12.7. The summed E-state index contributed by atoms with van der Waals surface area (Å²) in [5, 5.41) is 2.81. The van der Waals surface area contributed by atoms with Gasteiger partial charge < -0.3 is 10.2 Å². The van der Waals surface area contributed by atoms with Crippen LogP contribution in [0.15, 0.2) is 23.1 Å². The second kappa shape index (κ2) is 7.43. The maximum Gasteiger partial charge on any atom is 0.240 e. The Morgan fingerprint density at radius 3 is 2.64 bits per heavy atom. The van der Waals surface area contributed by atoms with Crippen molar-refractivity contribution in [2.75, 3.05) is 26.0 Å². The monoisotopic (exact) mass is 367 g/mol. The van der Waals surface area contributed by atoms with Crippen LogP contribution < -0.4 is 10.0 Å². The normalized spacial score (nSPS) is 17.9. The van der Waals surface area contributed by atoms with Gasteiger partial charge in [0, 0.05) is 23.6 Å². The average Bonchev–Trinajstić information content (AvgIpc) is 2.44. The van der Waals surface area contributed by atoms with E-state index in [2.05, 4.69) is 14.9 Å². The van der Waals surface area contributed by atoms with Gasteiger partial charge in [0.2, 0.25) is 15.9 Å². The lowest BCUT2D eigenvalue weighted by Crippen LogP contribution is -2.35. The summed E-state index contributed by atoms with van der Waals surface area (Å²) in [6, 6.07) is 4.78. The summed E-state index contributed by atoms with van der Waals surface area (Å²) in [5.41, 5.74) is 1.16. The molecule has 1 aliphatic heterocycles. The zero-order chi connectivity index (χ0) is 18.8. The number of benzene rings is 1. The van der Waals surface area contributed by atoms with Crippen LogP contribution in [0, 0.1) is 0 Å². The molecule has 1 aromatic carbocycles. The minimum Gasteiger partial charge on any atom is -0.326 e. The van der Waals surface area contributed by atoms with Gasteiger partial charge in [-0.2, -0.15) is 0 Å². The number of rotatable bonds is 7. The van der Waals surface area contributed by atoms with Crippen molar-refractivity contribution >= 4 is 21.6 Å².